The molecule has 1 aromatic carbocycles. The largest absolute Gasteiger partial charge is 0.393 e. The van der Waals surface area contributed by atoms with E-state index in [0.29, 0.717) is 23.5 Å². The molecule has 0 aliphatic heterocycles. The molecule has 0 atom stereocenters. The number of thiocarbonyl (C=S) groups is 1. The molecule has 0 saturated carbocycles. The van der Waals surface area contributed by atoms with Crippen molar-refractivity contribution in [2.75, 3.05) is 13.6 Å². The summed E-state index contributed by atoms with van der Waals surface area (Å²) in [6, 6.07) is 11.4. The van der Waals surface area contributed by atoms with Gasteiger partial charge in [-0.1, -0.05) is 24.4 Å². The molecule has 0 saturated heterocycles. The molecule has 22 heavy (non-hydrogen) atoms. The number of amides is 1. The normalized spacial score (nSPS) is 10.2. The number of pyridine rings is 1. The summed E-state index contributed by atoms with van der Waals surface area (Å²) in [5.74, 6) is -0.00107. The number of hydrogen-bond donors (Lipinski definition) is 1. The van der Waals surface area contributed by atoms with Crippen LogP contribution in [-0.2, 0) is 12.8 Å². The molecule has 0 radical (unpaired) electrons. The quantitative estimate of drug-likeness (QED) is 0.831. The Morgan fingerprint density at radius 1 is 1.23 bits per heavy atom. The van der Waals surface area contributed by atoms with Gasteiger partial charge in [-0.05, 0) is 41.8 Å². The molecule has 0 spiro atoms. The minimum atomic E-state index is -0.00107. The Morgan fingerprint density at radius 3 is 2.64 bits per heavy atom. The maximum absolute atomic E-state index is 12.5. The van der Waals surface area contributed by atoms with Gasteiger partial charge in [0, 0.05) is 38.0 Å². The number of carbonyl (C=O) groups excluding carboxylic acids is 1. The van der Waals surface area contributed by atoms with Crippen molar-refractivity contribution in [2.45, 2.75) is 12.8 Å². The minimum absolute atomic E-state index is 0.00107. The Labute approximate surface area is 136 Å². The molecule has 1 aromatic heterocycles. The van der Waals surface area contributed by atoms with Gasteiger partial charge in [0.2, 0.25) is 0 Å². The van der Waals surface area contributed by atoms with Crippen molar-refractivity contribution in [1.82, 2.24) is 9.88 Å². The van der Waals surface area contributed by atoms with E-state index in [-0.39, 0.29) is 5.91 Å². The number of hydrogen-bond acceptors (Lipinski definition) is 3. The zero-order valence-corrected chi connectivity index (χ0v) is 13.3. The Balaban J connectivity index is 1.99. The summed E-state index contributed by atoms with van der Waals surface area (Å²) in [4.78, 5) is 18.6. The summed E-state index contributed by atoms with van der Waals surface area (Å²) >= 11 is 4.91. The van der Waals surface area contributed by atoms with Crippen LogP contribution in [0.4, 0.5) is 0 Å². The molecular formula is C17H19N3OS. The van der Waals surface area contributed by atoms with Gasteiger partial charge in [-0.25, -0.2) is 0 Å². The number of nitrogens with two attached hydrogens (primary N) is 1. The monoisotopic (exact) mass is 313 g/mol. The highest BCUT2D eigenvalue weighted by Crippen LogP contribution is 2.09. The van der Waals surface area contributed by atoms with E-state index in [4.69, 9.17) is 18.0 Å². The molecule has 0 unspecified atom stereocenters. The summed E-state index contributed by atoms with van der Waals surface area (Å²) in [5, 5.41) is 0. The molecular weight excluding hydrogens is 294 g/mol. The van der Waals surface area contributed by atoms with Crippen LogP contribution in [0, 0.1) is 0 Å². The van der Waals surface area contributed by atoms with Crippen LogP contribution in [0.5, 0.6) is 0 Å². The predicted molar refractivity (Wildman–Crippen MR) is 91.8 cm³/mol. The van der Waals surface area contributed by atoms with Crippen LogP contribution in [0.3, 0.4) is 0 Å². The zero-order valence-electron chi connectivity index (χ0n) is 12.5. The molecule has 0 aliphatic rings. The van der Waals surface area contributed by atoms with Gasteiger partial charge in [0.05, 0.1) is 4.99 Å². The molecule has 0 fully saturated rings. The second-order valence-electron chi connectivity index (χ2n) is 5.18. The van der Waals surface area contributed by atoms with Gasteiger partial charge >= 0.3 is 0 Å². The van der Waals surface area contributed by atoms with E-state index in [1.165, 1.54) is 0 Å². The van der Waals surface area contributed by atoms with Crippen LogP contribution in [0.15, 0.2) is 48.8 Å². The average molecular weight is 313 g/mol. The Bertz CT molecular complexity index is 658. The predicted octanol–water partition coefficient (Wildman–Crippen LogP) is 2.22. The lowest BCUT2D eigenvalue weighted by molar-refractivity contribution is 0.0796. The second kappa shape index (κ2) is 7.66. The Kier molecular flexibility index (Phi) is 5.61. The van der Waals surface area contributed by atoms with Gasteiger partial charge in [-0.15, -0.1) is 0 Å². The van der Waals surface area contributed by atoms with Crippen molar-refractivity contribution in [3.8, 4) is 0 Å². The van der Waals surface area contributed by atoms with Crippen molar-refractivity contribution < 1.29 is 4.79 Å². The maximum Gasteiger partial charge on any atom is 0.253 e. The highest BCUT2D eigenvalue weighted by Gasteiger charge is 2.12. The molecule has 0 aliphatic carbocycles. The fraction of sp³-hybridized carbons (Fsp3) is 0.235. The molecule has 2 N–H and O–H groups in total. The number of rotatable bonds is 6. The van der Waals surface area contributed by atoms with Crippen molar-refractivity contribution in [3.05, 3.63) is 65.5 Å². The van der Waals surface area contributed by atoms with E-state index in [1.807, 2.05) is 43.4 Å². The molecule has 1 amide bonds. The number of aromatic nitrogens is 1. The average Bonchev–Trinajstić information content (AvgIpc) is 2.52. The number of benzene rings is 1. The molecule has 4 nitrogen and oxygen atoms in total. The molecule has 1 heterocycles. The zero-order chi connectivity index (χ0) is 15.9. The molecule has 2 rings (SSSR count). The van der Waals surface area contributed by atoms with Gasteiger partial charge in [-0.2, -0.15) is 0 Å². The van der Waals surface area contributed by atoms with Gasteiger partial charge < -0.3 is 10.6 Å². The van der Waals surface area contributed by atoms with E-state index < -0.39 is 0 Å². The van der Waals surface area contributed by atoms with Crippen LogP contribution in [0.1, 0.15) is 21.5 Å². The fourth-order valence-electron chi connectivity index (χ4n) is 2.18. The summed E-state index contributed by atoms with van der Waals surface area (Å²) < 4.78 is 0. The van der Waals surface area contributed by atoms with Gasteiger partial charge in [0.1, 0.15) is 0 Å². The van der Waals surface area contributed by atoms with Gasteiger partial charge in [0.25, 0.3) is 5.91 Å². The van der Waals surface area contributed by atoms with Crippen LogP contribution < -0.4 is 5.73 Å². The van der Waals surface area contributed by atoms with Crippen LogP contribution in [0.25, 0.3) is 0 Å². The summed E-state index contributed by atoms with van der Waals surface area (Å²) in [7, 11) is 1.81. The molecule has 114 valence electrons. The van der Waals surface area contributed by atoms with Crippen LogP contribution in [0.2, 0.25) is 0 Å². The minimum Gasteiger partial charge on any atom is -0.393 e. The molecule has 0 bridgehead atoms. The van der Waals surface area contributed by atoms with E-state index >= 15 is 0 Å². The summed E-state index contributed by atoms with van der Waals surface area (Å²) in [6.45, 7) is 0.655. The fourth-order valence-corrected chi connectivity index (χ4v) is 2.35. The van der Waals surface area contributed by atoms with Gasteiger partial charge in [-0.3, -0.25) is 9.78 Å². The third-order valence-corrected chi connectivity index (χ3v) is 3.53. The molecule has 5 heteroatoms. The van der Waals surface area contributed by atoms with Crippen LogP contribution in [-0.4, -0.2) is 34.4 Å². The second-order valence-corrected chi connectivity index (χ2v) is 5.70. The topological polar surface area (TPSA) is 59.2 Å². The Morgan fingerprint density at radius 2 is 1.95 bits per heavy atom. The van der Waals surface area contributed by atoms with Crippen molar-refractivity contribution in [3.63, 3.8) is 0 Å². The summed E-state index contributed by atoms with van der Waals surface area (Å²) in [5.41, 5.74) is 8.33. The molecule has 2 aromatic rings. The first-order chi connectivity index (χ1) is 10.6. The first-order valence-corrected chi connectivity index (χ1v) is 7.48. The van der Waals surface area contributed by atoms with Crippen molar-refractivity contribution in [1.29, 1.82) is 0 Å². The standard InChI is InChI=1S/C17H19N3OS/c1-20(10-7-13-5-8-19-9-6-13)17(21)15-4-2-3-14(11-15)12-16(18)22/h2-6,8-9,11H,7,10,12H2,1H3,(H2,18,22). The maximum atomic E-state index is 12.5. The number of likely N-dealkylation sites (N-methyl/N-ethyl adjacent to an activating group) is 1. The van der Waals surface area contributed by atoms with E-state index in [0.717, 1.165) is 17.5 Å². The van der Waals surface area contributed by atoms with E-state index in [9.17, 15) is 4.79 Å². The lowest BCUT2D eigenvalue weighted by Crippen LogP contribution is -2.29. The lowest BCUT2D eigenvalue weighted by atomic mass is 10.1. The Hall–Kier alpha value is -2.27. The first kappa shape index (κ1) is 16.1. The third-order valence-electron chi connectivity index (χ3n) is 3.38. The van der Waals surface area contributed by atoms with Gasteiger partial charge in [0.15, 0.2) is 0 Å². The van der Waals surface area contributed by atoms with Crippen LogP contribution >= 0.6 is 12.2 Å². The van der Waals surface area contributed by atoms with Crippen molar-refractivity contribution >= 4 is 23.1 Å². The highest BCUT2D eigenvalue weighted by molar-refractivity contribution is 7.80. The first-order valence-electron chi connectivity index (χ1n) is 7.08. The number of nitrogens with zero attached hydrogens (tertiary/aromatic N) is 2. The van der Waals surface area contributed by atoms with Crippen molar-refractivity contribution in [2.24, 2.45) is 5.73 Å². The third kappa shape index (κ3) is 4.63. The van der Waals surface area contributed by atoms with E-state index in [2.05, 4.69) is 4.98 Å². The lowest BCUT2D eigenvalue weighted by Gasteiger charge is -2.17. The van der Waals surface area contributed by atoms with E-state index in [1.54, 1.807) is 17.3 Å². The smallest absolute Gasteiger partial charge is 0.253 e. The highest BCUT2D eigenvalue weighted by atomic mass is 32.1. The number of carbonyl (C=O) groups is 1. The SMILES string of the molecule is CN(CCc1ccncc1)C(=O)c1cccc(CC(N)=S)c1. The summed E-state index contributed by atoms with van der Waals surface area (Å²) in [6.07, 6.45) is 4.83.